The summed E-state index contributed by atoms with van der Waals surface area (Å²) in [5, 5.41) is 12.7. The Bertz CT molecular complexity index is 1010. The summed E-state index contributed by atoms with van der Waals surface area (Å²) in [7, 11) is 0. The van der Waals surface area contributed by atoms with E-state index in [0.29, 0.717) is 11.8 Å². The number of carboxylic acids is 1. The molecule has 0 aromatic heterocycles. The minimum absolute atomic E-state index is 0.102. The van der Waals surface area contributed by atoms with Crippen molar-refractivity contribution in [2.45, 2.75) is 83.8 Å². The summed E-state index contributed by atoms with van der Waals surface area (Å²) in [4.78, 5) is 24.9. The average molecular weight is 482 g/mol. The van der Waals surface area contributed by atoms with E-state index in [4.69, 9.17) is 9.47 Å². The number of aliphatic carboxylic acids is 1. The Labute approximate surface area is 209 Å². The van der Waals surface area contributed by atoms with Gasteiger partial charge >= 0.3 is 12.1 Å². The van der Waals surface area contributed by atoms with Crippen LogP contribution in [-0.2, 0) is 9.53 Å². The van der Waals surface area contributed by atoms with Crippen molar-refractivity contribution in [2.24, 2.45) is 5.92 Å². The molecule has 0 aliphatic heterocycles. The molecule has 0 saturated heterocycles. The van der Waals surface area contributed by atoms with E-state index in [1.165, 1.54) is 12.8 Å². The van der Waals surface area contributed by atoms with Crippen molar-refractivity contribution in [1.29, 1.82) is 0 Å². The van der Waals surface area contributed by atoms with E-state index in [9.17, 15) is 14.7 Å². The molecule has 190 valence electrons. The number of para-hydroxylation sites is 1. The van der Waals surface area contributed by atoms with Crippen LogP contribution in [0, 0.1) is 5.92 Å². The molecule has 1 saturated carbocycles. The third-order valence-corrected chi connectivity index (χ3v) is 6.49. The molecule has 1 aliphatic rings. The van der Waals surface area contributed by atoms with E-state index in [1.54, 1.807) is 20.8 Å². The fraction of sp³-hybridized carbons (Fsp3) is 0.517. The smallest absolute Gasteiger partial charge is 0.408 e. The van der Waals surface area contributed by atoms with E-state index in [-0.39, 0.29) is 12.5 Å². The Morgan fingerprint density at radius 3 is 2.17 bits per heavy atom. The molecule has 2 aromatic rings. The molecule has 1 unspecified atom stereocenters. The number of rotatable bonds is 10. The zero-order valence-corrected chi connectivity index (χ0v) is 21.7. The van der Waals surface area contributed by atoms with Gasteiger partial charge in [-0.3, -0.25) is 0 Å². The second-order valence-corrected chi connectivity index (χ2v) is 10.8. The lowest BCUT2D eigenvalue weighted by molar-refractivity contribution is -0.140. The Morgan fingerprint density at radius 1 is 1.00 bits per heavy atom. The number of benzene rings is 2. The Kier molecular flexibility index (Phi) is 8.47. The maximum absolute atomic E-state index is 12.5. The van der Waals surface area contributed by atoms with E-state index in [0.717, 1.165) is 22.4 Å². The molecule has 6 nitrogen and oxygen atoms in total. The topological polar surface area (TPSA) is 84.9 Å². The minimum atomic E-state index is -1.22. The Hall–Kier alpha value is -3.02. The summed E-state index contributed by atoms with van der Waals surface area (Å²) in [6.07, 6.45) is 1.68. The third-order valence-electron chi connectivity index (χ3n) is 6.49. The fourth-order valence-electron chi connectivity index (χ4n) is 4.43. The highest BCUT2D eigenvalue weighted by atomic mass is 16.6. The molecule has 1 fully saturated rings. The van der Waals surface area contributed by atoms with Crippen molar-refractivity contribution in [3.8, 4) is 5.75 Å². The zero-order valence-electron chi connectivity index (χ0n) is 21.7. The highest BCUT2D eigenvalue weighted by Crippen LogP contribution is 2.46. The lowest BCUT2D eigenvalue weighted by atomic mass is 9.89. The van der Waals surface area contributed by atoms with Gasteiger partial charge in [-0.05, 0) is 68.1 Å². The van der Waals surface area contributed by atoms with Gasteiger partial charge in [0.2, 0.25) is 0 Å². The van der Waals surface area contributed by atoms with Gasteiger partial charge < -0.3 is 19.9 Å². The van der Waals surface area contributed by atoms with Crippen LogP contribution in [0.15, 0.2) is 48.5 Å². The van der Waals surface area contributed by atoms with Crippen LogP contribution in [0.2, 0.25) is 0 Å². The van der Waals surface area contributed by atoms with E-state index >= 15 is 0 Å². The van der Waals surface area contributed by atoms with Crippen molar-refractivity contribution in [3.63, 3.8) is 0 Å². The molecule has 2 aromatic carbocycles. The van der Waals surface area contributed by atoms with E-state index < -0.39 is 29.6 Å². The van der Waals surface area contributed by atoms with Gasteiger partial charge in [0.1, 0.15) is 17.4 Å². The summed E-state index contributed by atoms with van der Waals surface area (Å²) < 4.78 is 11.9. The number of amides is 1. The van der Waals surface area contributed by atoms with Gasteiger partial charge in [0.05, 0.1) is 6.61 Å². The van der Waals surface area contributed by atoms with Crippen LogP contribution in [0.3, 0.4) is 0 Å². The summed E-state index contributed by atoms with van der Waals surface area (Å²) in [5.41, 5.74) is 2.30. The van der Waals surface area contributed by atoms with Crippen molar-refractivity contribution in [1.82, 2.24) is 5.32 Å². The number of nitrogens with one attached hydrogen (secondary N) is 1. The highest BCUT2D eigenvalue weighted by Gasteiger charge is 2.35. The third kappa shape index (κ3) is 7.23. The first-order valence-electron chi connectivity index (χ1n) is 12.5. The maximum atomic E-state index is 12.5. The molecular formula is C29H39NO5. The van der Waals surface area contributed by atoms with Crippen molar-refractivity contribution in [3.05, 3.63) is 65.2 Å². The van der Waals surface area contributed by atoms with Crippen LogP contribution in [0.1, 0.15) is 88.8 Å². The minimum Gasteiger partial charge on any atom is -0.492 e. The zero-order chi connectivity index (χ0) is 25.8. The summed E-state index contributed by atoms with van der Waals surface area (Å²) >= 11 is 0. The number of carboxylic acid groups (broad SMARTS) is 1. The van der Waals surface area contributed by atoms with Crippen LogP contribution in [0.4, 0.5) is 4.79 Å². The number of hydrogen-bond donors (Lipinski definition) is 2. The number of carbonyl (C=O) groups is 2. The standard InChI is InChI=1S/C29H39NO5/c1-18(2)22-13-10-14-23(19(3)20-15-16-20)26(22)34-17-24(21-11-8-7-9-12-21)25(27(31)32)30-28(33)35-29(4,5)6/h7-14,18-20,24-25H,15-17H2,1-6H3,(H,30,33)(H,31,32)/t19-,24?,25+/m1/s1. The van der Waals surface area contributed by atoms with Crippen LogP contribution >= 0.6 is 0 Å². The van der Waals surface area contributed by atoms with Gasteiger partial charge in [-0.1, -0.05) is 69.3 Å². The summed E-state index contributed by atoms with van der Waals surface area (Å²) in [6.45, 7) is 11.8. The molecule has 35 heavy (non-hydrogen) atoms. The van der Waals surface area contributed by atoms with Crippen LogP contribution in [0.25, 0.3) is 0 Å². The average Bonchev–Trinajstić information content (AvgIpc) is 3.62. The monoisotopic (exact) mass is 481 g/mol. The van der Waals surface area contributed by atoms with Crippen LogP contribution in [0.5, 0.6) is 5.75 Å². The van der Waals surface area contributed by atoms with Gasteiger partial charge in [0.25, 0.3) is 0 Å². The van der Waals surface area contributed by atoms with E-state index in [1.807, 2.05) is 30.3 Å². The van der Waals surface area contributed by atoms with Crippen molar-refractivity contribution in [2.75, 3.05) is 6.61 Å². The predicted octanol–water partition coefficient (Wildman–Crippen LogP) is 6.46. The molecule has 0 radical (unpaired) electrons. The molecule has 0 bridgehead atoms. The van der Waals surface area contributed by atoms with Gasteiger partial charge in [-0.25, -0.2) is 9.59 Å². The molecule has 0 heterocycles. The maximum Gasteiger partial charge on any atom is 0.408 e. The summed E-state index contributed by atoms with van der Waals surface area (Å²) in [5.74, 6) is 0.354. The van der Waals surface area contributed by atoms with Crippen molar-refractivity contribution < 1.29 is 24.2 Å². The first kappa shape index (κ1) is 26.6. The van der Waals surface area contributed by atoms with Gasteiger partial charge in [-0.2, -0.15) is 0 Å². The quantitative estimate of drug-likeness (QED) is 0.407. The van der Waals surface area contributed by atoms with Gasteiger partial charge in [-0.15, -0.1) is 0 Å². The Morgan fingerprint density at radius 2 is 1.63 bits per heavy atom. The van der Waals surface area contributed by atoms with Gasteiger partial charge in [0.15, 0.2) is 0 Å². The van der Waals surface area contributed by atoms with Crippen LogP contribution in [-0.4, -0.2) is 35.4 Å². The first-order valence-corrected chi connectivity index (χ1v) is 12.5. The fourth-order valence-corrected chi connectivity index (χ4v) is 4.43. The van der Waals surface area contributed by atoms with Gasteiger partial charge in [0, 0.05) is 5.92 Å². The molecule has 3 rings (SSSR count). The first-order chi connectivity index (χ1) is 16.5. The largest absolute Gasteiger partial charge is 0.492 e. The van der Waals surface area contributed by atoms with Crippen molar-refractivity contribution >= 4 is 12.1 Å². The molecule has 1 aliphatic carbocycles. The predicted molar refractivity (Wildman–Crippen MR) is 137 cm³/mol. The second kappa shape index (κ2) is 11.1. The Balaban J connectivity index is 1.93. The molecule has 6 heteroatoms. The lowest BCUT2D eigenvalue weighted by Gasteiger charge is -2.29. The number of alkyl carbamates (subject to hydrolysis) is 1. The lowest BCUT2D eigenvalue weighted by Crippen LogP contribution is -2.48. The second-order valence-electron chi connectivity index (χ2n) is 10.8. The molecular weight excluding hydrogens is 442 g/mol. The highest BCUT2D eigenvalue weighted by molar-refractivity contribution is 5.81. The van der Waals surface area contributed by atoms with E-state index in [2.05, 4.69) is 44.3 Å². The number of carbonyl (C=O) groups excluding carboxylic acids is 1. The summed E-state index contributed by atoms with van der Waals surface area (Å²) in [6, 6.07) is 14.4. The SMILES string of the molecule is CC(C)c1cccc([C@H](C)C2CC2)c1OCC(c1ccccc1)[C@H](NC(=O)OC(C)(C)C)C(=O)O. The normalized spacial score (nSPS) is 16.3. The molecule has 3 atom stereocenters. The van der Waals surface area contributed by atoms with Crippen LogP contribution < -0.4 is 10.1 Å². The number of hydrogen-bond acceptors (Lipinski definition) is 4. The molecule has 2 N–H and O–H groups in total. The molecule has 0 spiro atoms. The molecule has 1 amide bonds. The number of ether oxygens (including phenoxy) is 2.